The number of benzene rings is 2. The second kappa shape index (κ2) is 10.3. The maximum Gasteiger partial charge on any atom is 0.276 e. The topological polar surface area (TPSA) is 76.7 Å². The molecule has 27 heavy (non-hydrogen) atoms. The van der Waals surface area contributed by atoms with Crippen molar-refractivity contribution in [3.8, 4) is 11.5 Å². The molecule has 0 atom stereocenters. The molecule has 0 aromatic heterocycles. The second-order valence-corrected chi connectivity index (χ2v) is 8.34. The number of halogens is 4. The van der Waals surface area contributed by atoms with E-state index in [1.54, 1.807) is 18.2 Å². The van der Waals surface area contributed by atoms with Crippen LogP contribution in [0.15, 0.2) is 43.7 Å². The van der Waals surface area contributed by atoms with Crippen molar-refractivity contribution in [1.82, 2.24) is 10.9 Å². The third-order valence-electron chi connectivity index (χ3n) is 3.14. The molecule has 0 aliphatic rings. The van der Waals surface area contributed by atoms with Crippen LogP contribution in [-0.4, -0.2) is 25.0 Å². The van der Waals surface area contributed by atoms with Gasteiger partial charge in [0.05, 0.1) is 8.95 Å². The Labute approximate surface area is 186 Å². The van der Waals surface area contributed by atoms with Gasteiger partial charge in [0.1, 0.15) is 11.5 Å². The first-order valence-corrected chi connectivity index (χ1v) is 10.3. The lowest BCUT2D eigenvalue weighted by molar-refractivity contribution is -0.131. The molecule has 0 saturated carbocycles. The monoisotopic (exact) mass is 582 g/mol. The molecule has 2 rings (SSSR count). The van der Waals surface area contributed by atoms with E-state index < -0.39 is 11.8 Å². The van der Waals surface area contributed by atoms with E-state index in [1.807, 2.05) is 19.1 Å². The van der Waals surface area contributed by atoms with E-state index in [0.29, 0.717) is 25.5 Å². The Kier molecular flexibility index (Phi) is 8.40. The summed E-state index contributed by atoms with van der Waals surface area (Å²) in [5.74, 6) is -0.0215. The zero-order valence-corrected chi connectivity index (χ0v) is 19.5. The van der Waals surface area contributed by atoms with Crippen molar-refractivity contribution in [2.24, 2.45) is 0 Å². The highest BCUT2D eigenvalue weighted by atomic mass is 79.9. The predicted molar refractivity (Wildman–Crippen MR) is 113 cm³/mol. The smallest absolute Gasteiger partial charge is 0.276 e. The standard InChI is InChI=1S/C17H14Br3ClN2O4/c1-9-4-10(18)5-13(20)17(9)27-8-16(25)23-22-15(24)7-26-14-3-2-11(21)6-12(14)19/h2-6H,7-8H2,1H3,(H,22,24)(H,23,25). The summed E-state index contributed by atoms with van der Waals surface area (Å²) in [6.07, 6.45) is 0. The van der Waals surface area contributed by atoms with Crippen molar-refractivity contribution in [3.63, 3.8) is 0 Å². The van der Waals surface area contributed by atoms with E-state index in [2.05, 4.69) is 58.6 Å². The number of carbonyl (C=O) groups is 2. The van der Waals surface area contributed by atoms with Crippen molar-refractivity contribution in [2.75, 3.05) is 13.2 Å². The Morgan fingerprint density at radius 2 is 1.59 bits per heavy atom. The van der Waals surface area contributed by atoms with Crippen LogP contribution in [0.4, 0.5) is 0 Å². The first kappa shape index (κ1) is 22.0. The summed E-state index contributed by atoms with van der Waals surface area (Å²) in [4.78, 5) is 23.6. The number of rotatable bonds is 6. The van der Waals surface area contributed by atoms with Gasteiger partial charge in [0.15, 0.2) is 13.2 Å². The summed E-state index contributed by atoms with van der Waals surface area (Å²) in [6.45, 7) is 1.32. The number of carbonyl (C=O) groups excluding carboxylic acids is 2. The molecule has 0 aliphatic heterocycles. The number of nitrogens with one attached hydrogen (secondary N) is 2. The lowest BCUT2D eigenvalue weighted by Gasteiger charge is -2.13. The summed E-state index contributed by atoms with van der Waals surface area (Å²) in [6, 6.07) is 8.60. The van der Waals surface area contributed by atoms with Crippen molar-refractivity contribution in [1.29, 1.82) is 0 Å². The number of ether oxygens (including phenoxy) is 2. The number of hydrogen-bond acceptors (Lipinski definition) is 4. The molecule has 0 fully saturated rings. The highest BCUT2D eigenvalue weighted by Gasteiger charge is 2.11. The van der Waals surface area contributed by atoms with E-state index in [0.717, 1.165) is 10.0 Å². The minimum Gasteiger partial charge on any atom is -0.483 e. The minimum absolute atomic E-state index is 0.259. The summed E-state index contributed by atoms with van der Waals surface area (Å²) < 4.78 is 13.1. The molecule has 2 amide bonds. The number of aryl methyl sites for hydroxylation is 1. The maximum absolute atomic E-state index is 11.8. The summed E-state index contributed by atoms with van der Waals surface area (Å²) in [5.41, 5.74) is 5.37. The van der Waals surface area contributed by atoms with E-state index in [-0.39, 0.29) is 13.2 Å². The van der Waals surface area contributed by atoms with Gasteiger partial charge in [-0.05, 0) is 74.7 Å². The van der Waals surface area contributed by atoms with E-state index in [1.165, 1.54) is 0 Å². The molecule has 2 aromatic carbocycles. The Morgan fingerprint density at radius 3 is 2.19 bits per heavy atom. The minimum atomic E-state index is -0.522. The van der Waals surface area contributed by atoms with Crippen molar-refractivity contribution >= 4 is 71.2 Å². The highest BCUT2D eigenvalue weighted by molar-refractivity contribution is 9.11. The van der Waals surface area contributed by atoms with Crippen LogP contribution in [0.5, 0.6) is 11.5 Å². The van der Waals surface area contributed by atoms with Crippen molar-refractivity contribution < 1.29 is 19.1 Å². The van der Waals surface area contributed by atoms with Crippen LogP contribution in [0.2, 0.25) is 5.02 Å². The molecule has 10 heteroatoms. The fourth-order valence-electron chi connectivity index (χ4n) is 1.96. The highest BCUT2D eigenvalue weighted by Crippen LogP contribution is 2.32. The van der Waals surface area contributed by atoms with E-state index >= 15 is 0 Å². The van der Waals surface area contributed by atoms with Gasteiger partial charge in [-0.2, -0.15) is 0 Å². The summed E-state index contributed by atoms with van der Waals surface area (Å²) >= 11 is 15.9. The Balaban J connectivity index is 1.76. The zero-order chi connectivity index (χ0) is 20.0. The van der Waals surface area contributed by atoms with Crippen LogP contribution in [0.1, 0.15) is 5.56 Å². The third-order valence-corrected chi connectivity index (χ3v) is 5.04. The van der Waals surface area contributed by atoms with Gasteiger partial charge in [-0.25, -0.2) is 0 Å². The summed E-state index contributed by atoms with van der Waals surface area (Å²) in [7, 11) is 0. The molecular formula is C17H14Br3ClN2O4. The SMILES string of the molecule is Cc1cc(Br)cc(Br)c1OCC(=O)NNC(=O)COc1ccc(Cl)cc1Br. The van der Waals surface area contributed by atoms with Crippen LogP contribution in [0, 0.1) is 6.92 Å². The van der Waals surface area contributed by atoms with E-state index in [4.69, 9.17) is 21.1 Å². The van der Waals surface area contributed by atoms with Gasteiger partial charge < -0.3 is 9.47 Å². The molecule has 0 aliphatic carbocycles. The van der Waals surface area contributed by atoms with Crippen LogP contribution in [-0.2, 0) is 9.59 Å². The van der Waals surface area contributed by atoms with Gasteiger partial charge in [-0.1, -0.05) is 27.5 Å². The molecule has 0 saturated heterocycles. The maximum atomic E-state index is 11.8. The molecule has 0 heterocycles. The lowest BCUT2D eigenvalue weighted by Crippen LogP contribution is -2.45. The first-order chi connectivity index (χ1) is 12.8. The van der Waals surface area contributed by atoms with Gasteiger partial charge in [-0.15, -0.1) is 0 Å². The molecule has 0 radical (unpaired) electrons. The Hall–Kier alpha value is -1.29. The fourth-order valence-corrected chi connectivity index (χ4v) is 4.31. The number of amides is 2. The molecule has 6 nitrogen and oxygen atoms in total. The largest absolute Gasteiger partial charge is 0.483 e. The molecule has 2 N–H and O–H groups in total. The average molecular weight is 585 g/mol. The quantitative estimate of drug-likeness (QED) is 0.489. The molecule has 0 spiro atoms. The number of hydrogen-bond donors (Lipinski definition) is 2. The third kappa shape index (κ3) is 6.99. The zero-order valence-electron chi connectivity index (χ0n) is 13.9. The van der Waals surface area contributed by atoms with Crippen LogP contribution in [0.25, 0.3) is 0 Å². The van der Waals surface area contributed by atoms with Crippen molar-refractivity contribution in [2.45, 2.75) is 6.92 Å². The van der Waals surface area contributed by atoms with Gasteiger partial charge >= 0.3 is 0 Å². The lowest BCUT2D eigenvalue weighted by atomic mass is 10.2. The Bertz CT molecular complexity index is 841. The first-order valence-electron chi connectivity index (χ1n) is 7.50. The van der Waals surface area contributed by atoms with Crippen LogP contribution >= 0.6 is 59.4 Å². The predicted octanol–water partition coefficient (Wildman–Crippen LogP) is 4.54. The molecular weight excluding hydrogens is 571 g/mol. The molecule has 144 valence electrons. The summed E-state index contributed by atoms with van der Waals surface area (Å²) in [5, 5.41) is 0.540. The van der Waals surface area contributed by atoms with Gasteiger partial charge in [-0.3, -0.25) is 20.4 Å². The molecule has 2 aromatic rings. The van der Waals surface area contributed by atoms with Gasteiger partial charge in [0.2, 0.25) is 0 Å². The fraction of sp³-hybridized carbons (Fsp3) is 0.176. The van der Waals surface area contributed by atoms with Crippen LogP contribution in [0.3, 0.4) is 0 Å². The average Bonchev–Trinajstić information content (AvgIpc) is 2.58. The van der Waals surface area contributed by atoms with E-state index in [9.17, 15) is 9.59 Å². The molecule has 0 unspecified atom stereocenters. The van der Waals surface area contributed by atoms with Gasteiger partial charge in [0.25, 0.3) is 11.8 Å². The second-order valence-electron chi connectivity index (χ2n) is 5.28. The normalized spacial score (nSPS) is 10.3. The number of hydrazine groups is 1. The Morgan fingerprint density at radius 1 is 0.963 bits per heavy atom. The van der Waals surface area contributed by atoms with Crippen molar-refractivity contribution in [3.05, 3.63) is 54.3 Å². The van der Waals surface area contributed by atoms with Gasteiger partial charge in [0, 0.05) is 9.50 Å². The van der Waals surface area contributed by atoms with Crippen LogP contribution < -0.4 is 20.3 Å². The molecule has 0 bridgehead atoms.